The number of amides is 2. The van der Waals surface area contributed by atoms with Gasteiger partial charge in [-0.05, 0) is 26.7 Å². The first-order valence-corrected chi connectivity index (χ1v) is 12.1. The van der Waals surface area contributed by atoms with Crippen molar-refractivity contribution in [3.8, 4) is 0 Å². The molecule has 0 aromatic heterocycles. The molecule has 2 aliphatic heterocycles. The zero-order valence-electron chi connectivity index (χ0n) is 20.0. The van der Waals surface area contributed by atoms with Crippen molar-refractivity contribution in [2.24, 2.45) is 5.92 Å². The Balaban J connectivity index is 0.00000104. The zero-order valence-corrected chi connectivity index (χ0v) is 20.9. The molecule has 0 spiro atoms. The summed E-state index contributed by atoms with van der Waals surface area (Å²) in [5, 5.41) is 9.76. The molecule has 2 rings (SSSR count). The van der Waals surface area contributed by atoms with Crippen molar-refractivity contribution in [1.82, 2.24) is 10.2 Å². The van der Waals surface area contributed by atoms with Crippen LogP contribution in [0.1, 0.15) is 46.5 Å². The van der Waals surface area contributed by atoms with Crippen molar-refractivity contribution in [3.05, 3.63) is 12.3 Å². The Morgan fingerprint density at radius 3 is 2.44 bits per heavy atom. The van der Waals surface area contributed by atoms with Crippen molar-refractivity contribution in [2.45, 2.75) is 64.9 Å². The normalized spacial score (nSPS) is 24.3. The number of rotatable bonds is 11. The smallest absolute Gasteiger partial charge is 0.332 e. The maximum atomic E-state index is 11.7. The van der Waals surface area contributed by atoms with Gasteiger partial charge < -0.3 is 33.1 Å². The van der Waals surface area contributed by atoms with E-state index in [1.165, 1.54) is 6.08 Å². The van der Waals surface area contributed by atoms with E-state index < -0.39 is 20.5 Å². The maximum absolute atomic E-state index is 11.7. The predicted octanol–water partition coefficient (Wildman–Crippen LogP) is 1.94. The molecule has 2 aliphatic rings. The average molecular weight is 506 g/mol. The number of hydrogen-bond donors (Lipinski definition) is 2. The molecule has 2 N–H and O–H groups in total. The Morgan fingerprint density at radius 1 is 1.24 bits per heavy atom. The fourth-order valence-corrected chi connectivity index (χ4v) is 3.97. The van der Waals surface area contributed by atoms with Crippen molar-refractivity contribution in [3.63, 3.8) is 0 Å². The van der Waals surface area contributed by atoms with Gasteiger partial charge in [-0.3, -0.25) is 24.5 Å². The van der Waals surface area contributed by atoms with Crippen LogP contribution in [0.2, 0.25) is 0 Å². The van der Waals surface area contributed by atoms with Crippen LogP contribution >= 0.6 is 8.60 Å². The van der Waals surface area contributed by atoms with E-state index in [4.69, 9.17) is 28.2 Å². The summed E-state index contributed by atoms with van der Waals surface area (Å²) >= 11 is 0. The third kappa shape index (κ3) is 13.0. The lowest BCUT2D eigenvalue weighted by atomic mass is 10.1. The van der Waals surface area contributed by atoms with Crippen LogP contribution in [0.15, 0.2) is 12.3 Å². The number of hydrogen-bond acceptors (Lipinski definition) is 10. The highest BCUT2D eigenvalue weighted by Gasteiger charge is 2.31. The van der Waals surface area contributed by atoms with E-state index in [2.05, 4.69) is 0 Å². The largest absolute Gasteiger partial charge is 0.481 e. The Bertz CT molecular complexity index is 682. The Morgan fingerprint density at radius 2 is 1.88 bits per heavy atom. The molecule has 2 heterocycles. The SMILES string of the molecule is CC(C)OC(=O)CC1COP(OCC2CCC(N(C)/C=C\C(=O)NC=O)O2)OC1.CCC(=O)O. The number of carboxylic acid groups (broad SMARTS) is 1. The van der Waals surface area contributed by atoms with Gasteiger partial charge in [-0.1, -0.05) is 6.92 Å². The number of nitrogens with one attached hydrogen (secondary N) is 1. The van der Waals surface area contributed by atoms with Crippen LogP contribution < -0.4 is 5.32 Å². The average Bonchev–Trinajstić information content (AvgIpc) is 3.26. The highest BCUT2D eigenvalue weighted by atomic mass is 31.2. The number of carbonyl (C=O) groups excluding carboxylic acids is 3. The molecule has 0 radical (unpaired) electrons. The molecule has 0 aromatic carbocycles. The number of carbonyl (C=O) groups is 4. The number of imide groups is 1. The topological polar surface area (TPSA) is 150 Å². The quantitative estimate of drug-likeness (QED) is 0.183. The molecule has 194 valence electrons. The summed E-state index contributed by atoms with van der Waals surface area (Å²) in [6.45, 7) is 6.35. The fraction of sp³-hybridized carbons (Fsp3) is 0.714. The third-order valence-corrected chi connectivity index (χ3v) is 5.60. The van der Waals surface area contributed by atoms with Crippen LogP contribution in [-0.4, -0.2) is 79.6 Å². The molecule has 2 atom stereocenters. The minimum Gasteiger partial charge on any atom is -0.481 e. The van der Waals surface area contributed by atoms with Gasteiger partial charge in [0.1, 0.15) is 6.23 Å². The monoisotopic (exact) mass is 506 g/mol. The molecular formula is C21H35N2O10P. The van der Waals surface area contributed by atoms with E-state index in [9.17, 15) is 19.2 Å². The second-order valence-corrected chi connectivity index (χ2v) is 9.09. The predicted molar refractivity (Wildman–Crippen MR) is 121 cm³/mol. The summed E-state index contributed by atoms with van der Waals surface area (Å²) in [4.78, 5) is 44.3. The molecule has 0 bridgehead atoms. The summed E-state index contributed by atoms with van der Waals surface area (Å²) in [6.07, 6.45) is 4.82. The van der Waals surface area contributed by atoms with Gasteiger partial charge in [0.15, 0.2) is 0 Å². The van der Waals surface area contributed by atoms with Gasteiger partial charge in [0.25, 0.3) is 5.91 Å². The second-order valence-electron chi connectivity index (χ2n) is 7.86. The van der Waals surface area contributed by atoms with Gasteiger partial charge in [-0.15, -0.1) is 0 Å². The van der Waals surface area contributed by atoms with Crippen molar-refractivity contribution >= 4 is 32.9 Å². The van der Waals surface area contributed by atoms with Crippen LogP contribution in [-0.2, 0) is 42.2 Å². The first kappa shape index (κ1) is 29.9. The number of ether oxygens (including phenoxy) is 2. The molecular weight excluding hydrogens is 471 g/mol. The molecule has 2 amide bonds. The van der Waals surface area contributed by atoms with E-state index in [0.717, 1.165) is 12.8 Å². The van der Waals surface area contributed by atoms with E-state index in [1.807, 2.05) is 19.2 Å². The number of carboxylic acids is 1. The summed E-state index contributed by atoms with van der Waals surface area (Å²) in [6, 6.07) is 0. The molecule has 13 heteroatoms. The van der Waals surface area contributed by atoms with Crippen molar-refractivity contribution < 1.29 is 47.3 Å². The minimum atomic E-state index is -1.45. The lowest BCUT2D eigenvalue weighted by molar-refractivity contribution is -0.149. The van der Waals surface area contributed by atoms with Gasteiger partial charge in [-0.25, -0.2) is 0 Å². The van der Waals surface area contributed by atoms with Crippen LogP contribution in [0.25, 0.3) is 0 Å². The van der Waals surface area contributed by atoms with Gasteiger partial charge >= 0.3 is 20.5 Å². The molecule has 0 aromatic rings. The maximum Gasteiger partial charge on any atom is 0.332 e. The highest BCUT2D eigenvalue weighted by molar-refractivity contribution is 7.41. The lowest BCUT2D eigenvalue weighted by Gasteiger charge is -2.28. The van der Waals surface area contributed by atoms with E-state index >= 15 is 0 Å². The highest BCUT2D eigenvalue weighted by Crippen LogP contribution is 2.44. The Hall–Kier alpha value is -2.11. The summed E-state index contributed by atoms with van der Waals surface area (Å²) in [7, 11) is 0.341. The van der Waals surface area contributed by atoms with E-state index in [1.54, 1.807) is 25.1 Å². The standard InChI is InChI=1S/C18H29N2O8P.C3H6O2/c1-13(2)27-18(23)8-14-9-24-29(25-10-14)26-11-15-4-5-17(28-15)20(3)7-6-16(22)19-12-21;1-2-3(4)5/h6-7,12-15,17H,4-5,8-11H2,1-3H3,(H,19,21,22);2H2,1H3,(H,4,5)/b7-6-;. The third-order valence-electron chi connectivity index (χ3n) is 4.52. The van der Waals surface area contributed by atoms with Gasteiger partial charge in [-0.2, -0.15) is 0 Å². The second kappa shape index (κ2) is 16.5. The summed E-state index contributed by atoms with van der Waals surface area (Å²) in [5.41, 5.74) is 0. The van der Waals surface area contributed by atoms with Gasteiger partial charge in [0.2, 0.25) is 6.41 Å². The molecule has 2 fully saturated rings. The van der Waals surface area contributed by atoms with Crippen molar-refractivity contribution in [2.75, 3.05) is 26.9 Å². The van der Waals surface area contributed by atoms with Crippen LogP contribution in [0.3, 0.4) is 0 Å². The summed E-state index contributed by atoms with van der Waals surface area (Å²) < 4.78 is 27.9. The van der Waals surface area contributed by atoms with E-state index in [-0.39, 0.29) is 43.2 Å². The zero-order chi connectivity index (χ0) is 25.5. The number of esters is 1. The van der Waals surface area contributed by atoms with Crippen LogP contribution in [0, 0.1) is 5.92 Å². The molecule has 34 heavy (non-hydrogen) atoms. The Labute approximate surface area is 200 Å². The first-order chi connectivity index (χ1) is 16.1. The fourth-order valence-electron chi connectivity index (χ4n) is 2.80. The minimum absolute atomic E-state index is 0.0347. The van der Waals surface area contributed by atoms with Gasteiger partial charge in [0.05, 0.1) is 38.4 Å². The lowest BCUT2D eigenvalue weighted by Crippen LogP contribution is -2.29. The van der Waals surface area contributed by atoms with E-state index in [0.29, 0.717) is 26.2 Å². The number of aliphatic carboxylic acids is 1. The Kier molecular flexibility index (Phi) is 14.5. The molecule has 2 unspecified atom stereocenters. The molecule has 0 aliphatic carbocycles. The molecule has 0 saturated carbocycles. The van der Waals surface area contributed by atoms with Gasteiger partial charge in [0, 0.05) is 31.7 Å². The first-order valence-electron chi connectivity index (χ1n) is 11.0. The molecule has 2 saturated heterocycles. The van der Waals surface area contributed by atoms with Crippen LogP contribution in [0.4, 0.5) is 0 Å². The number of nitrogens with zero attached hydrogens (tertiary/aromatic N) is 1. The van der Waals surface area contributed by atoms with Crippen LogP contribution in [0.5, 0.6) is 0 Å². The summed E-state index contributed by atoms with van der Waals surface area (Å²) in [5.74, 6) is -1.52. The van der Waals surface area contributed by atoms with Crippen molar-refractivity contribution in [1.29, 1.82) is 0 Å². The molecule has 12 nitrogen and oxygen atoms in total.